The Morgan fingerprint density at radius 2 is 2.00 bits per heavy atom. The molecule has 0 aromatic heterocycles. The van der Waals surface area contributed by atoms with Crippen molar-refractivity contribution in [3.8, 4) is 5.75 Å². The number of aliphatic hydroxyl groups excluding tert-OH is 3. The second-order valence-corrected chi connectivity index (χ2v) is 4.99. The molecule has 0 heterocycles. The van der Waals surface area contributed by atoms with Gasteiger partial charge in [0.2, 0.25) is 5.78 Å². The molecule has 0 bridgehead atoms. The van der Waals surface area contributed by atoms with Gasteiger partial charge in [0.1, 0.15) is 23.5 Å². The van der Waals surface area contributed by atoms with Crippen molar-refractivity contribution in [2.75, 3.05) is 6.61 Å². The Morgan fingerprint density at radius 1 is 1.32 bits per heavy atom. The number of ketones is 1. The summed E-state index contributed by atoms with van der Waals surface area (Å²) in [6.45, 7) is 0.926. The molecular formula is C15H16O7. The fraction of sp³-hybridized carbons (Fsp3) is 0.333. The van der Waals surface area contributed by atoms with Gasteiger partial charge in [-0.15, -0.1) is 0 Å². The van der Waals surface area contributed by atoms with Gasteiger partial charge in [-0.05, 0) is 24.6 Å². The highest BCUT2D eigenvalue weighted by Crippen LogP contribution is 2.25. The maximum absolute atomic E-state index is 12.1. The monoisotopic (exact) mass is 308 g/mol. The third-order valence-corrected chi connectivity index (χ3v) is 3.47. The number of ether oxygens (including phenoxy) is 1. The van der Waals surface area contributed by atoms with E-state index in [0.717, 1.165) is 6.08 Å². The highest BCUT2D eigenvalue weighted by atomic mass is 16.6. The zero-order valence-electron chi connectivity index (χ0n) is 11.8. The first-order chi connectivity index (χ1) is 10.4. The number of esters is 1. The quantitative estimate of drug-likeness (QED) is 0.552. The van der Waals surface area contributed by atoms with Gasteiger partial charge in [0.15, 0.2) is 6.10 Å². The van der Waals surface area contributed by atoms with Crippen LogP contribution in [0.2, 0.25) is 0 Å². The van der Waals surface area contributed by atoms with Gasteiger partial charge in [-0.3, -0.25) is 4.79 Å². The Morgan fingerprint density at radius 3 is 2.59 bits per heavy atom. The molecule has 1 aliphatic carbocycles. The smallest absolute Gasteiger partial charge is 0.343 e. The lowest BCUT2D eigenvalue weighted by Crippen LogP contribution is -2.49. The molecule has 4 N–H and O–H groups in total. The summed E-state index contributed by atoms with van der Waals surface area (Å²) in [6.07, 6.45) is -3.71. The van der Waals surface area contributed by atoms with Gasteiger partial charge in [0.05, 0.1) is 6.61 Å². The van der Waals surface area contributed by atoms with Crippen LogP contribution in [0.1, 0.15) is 15.9 Å². The maximum Gasteiger partial charge on any atom is 0.343 e. The van der Waals surface area contributed by atoms with Gasteiger partial charge >= 0.3 is 5.97 Å². The Balaban J connectivity index is 2.28. The summed E-state index contributed by atoms with van der Waals surface area (Å²) in [5, 5.41) is 38.2. The number of carbonyl (C=O) groups is 2. The highest BCUT2D eigenvalue weighted by molar-refractivity contribution is 6.03. The van der Waals surface area contributed by atoms with Crippen molar-refractivity contribution in [2.24, 2.45) is 0 Å². The number of aromatic hydroxyl groups is 1. The summed E-state index contributed by atoms with van der Waals surface area (Å²) in [7, 11) is 0. The lowest BCUT2D eigenvalue weighted by Gasteiger charge is -2.29. The molecule has 0 fully saturated rings. The van der Waals surface area contributed by atoms with Gasteiger partial charge < -0.3 is 25.2 Å². The van der Waals surface area contributed by atoms with E-state index in [1.807, 2.05) is 0 Å². The largest absolute Gasteiger partial charge is 0.507 e. The van der Waals surface area contributed by atoms with E-state index in [9.17, 15) is 24.9 Å². The number of rotatable bonds is 3. The van der Waals surface area contributed by atoms with Crippen molar-refractivity contribution in [3.63, 3.8) is 0 Å². The van der Waals surface area contributed by atoms with Crippen molar-refractivity contribution in [1.29, 1.82) is 0 Å². The third-order valence-electron chi connectivity index (χ3n) is 3.47. The SMILES string of the molecule is Cc1cccc(O)c1C(=O)O[C@@H]1C(=O)C(CO)=C[C@@H](O)[C@H]1O. The van der Waals surface area contributed by atoms with Crippen LogP contribution in [-0.4, -0.2) is 57.1 Å². The average molecular weight is 308 g/mol. The average Bonchev–Trinajstić information content (AvgIpc) is 2.47. The van der Waals surface area contributed by atoms with E-state index in [-0.39, 0.29) is 16.9 Å². The lowest BCUT2D eigenvalue weighted by atomic mass is 9.91. The molecule has 1 aliphatic rings. The number of Topliss-reactive ketones (excluding diaryl/α,β-unsaturated/α-hetero) is 1. The molecule has 0 saturated carbocycles. The highest BCUT2D eigenvalue weighted by Gasteiger charge is 2.40. The third kappa shape index (κ3) is 2.87. The molecular weight excluding hydrogens is 292 g/mol. The first kappa shape index (κ1) is 16.2. The topological polar surface area (TPSA) is 124 Å². The number of hydrogen-bond acceptors (Lipinski definition) is 7. The van der Waals surface area contributed by atoms with Gasteiger partial charge in [-0.2, -0.15) is 0 Å². The van der Waals surface area contributed by atoms with Crippen LogP contribution in [0.3, 0.4) is 0 Å². The number of benzene rings is 1. The van der Waals surface area contributed by atoms with Gasteiger partial charge in [0, 0.05) is 5.57 Å². The van der Waals surface area contributed by atoms with Crippen LogP contribution in [-0.2, 0) is 9.53 Å². The molecule has 0 saturated heterocycles. The van der Waals surface area contributed by atoms with E-state index in [0.29, 0.717) is 5.56 Å². The fourth-order valence-electron chi connectivity index (χ4n) is 2.25. The number of phenolic OH excluding ortho intramolecular Hbond substituents is 1. The zero-order valence-corrected chi connectivity index (χ0v) is 11.8. The summed E-state index contributed by atoms with van der Waals surface area (Å²) in [5.41, 5.74) is 0.155. The standard InChI is InChI=1S/C15H16O7/c1-7-3-2-4-9(17)11(7)15(21)22-14-12(19)8(6-16)5-10(18)13(14)20/h2-5,10,13-14,16-18,20H,6H2,1H3/t10-,13-,14-/m1/s1. The zero-order chi connectivity index (χ0) is 16.4. The van der Waals surface area contributed by atoms with Gasteiger partial charge in [-0.25, -0.2) is 4.79 Å². The molecule has 7 heteroatoms. The van der Waals surface area contributed by atoms with Crippen molar-refractivity contribution in [3.05, 3.63) is 41.0 Å². The summed E-state index contributed by atoms with van der Waals surface area (Å²) >= 11 is 0. The van der Waals surface area contributed by atoms with Gasteiger partial charge in [-0.1, -0.05) is 12.1 Å². The first-order valence-electron chi connectivity index (χ1n) is 6.58. The normalized spacial score (nSPS) is 24.8. The number of carbonyl (C=O) groups excluding carboxylic acids is 2. The van der Waals surface area contributed by atoms with Crippen molar-refractivity contribution in [1.82, 2.24) is 0 Å². The molecule has 3 atom stereocenters. The molecule has 0 aliphatic heterocycles. The van der Waals surface area contributed by atoms with E-state index in [2.05, 4.69) is 0 Å². The maximum atomic E-state index is 12.1. The first-order valence-corrected chi connectivity index (χ1v) is 6.58. The Hall–Kier alpha value is -2.22. The molecule has 1 aromatic rings. The van der Waals surface area contributed by atoms with Crippen molar-refractivity contribution < 1.29 is 34.8 Å². The summed E-state index contributed by atoms with van der Waals surface area (Å²) in [6, 6.07) is 4.40. The molecule has 2 rings (SSSR count). The summed E-state index contributed by atoms with van der Waals surface area (Å²) in [5.74, 6) is -2.11. The number of phenols is 1. The van der Waals surface area contributed by atoms with Crippen LogP contribution in [0.15, 0.2) is 29.8 Å². The summed E-state index contributed by atoms with van der Waals surface area (Å²) in [4.78, 5) is 24.1. The lowest BCUT2D eigenvalue weighted by molar-refractivity contribution is -0.136. The van der Waals surface area contributed by atoms with E-state index >= 15 is 0 Å². The molecule has 0 spiro atoms. The molecule has 0 radical (unpaired) electrons. The van der Waals surface area contributed by atoms with Crippen molar-refractivity contribution >= 4 is 11.8 Å². The van der Waals surface area contributed by atoms with E-state index < -0.39 is 36.7 Å². The number of aliphatic hydroxyl groups is 3. The second kappa shape index (κ2) is 6.27. The minimum Gasteiger partial charge on any atom is -0.507 e. The molecule has 22 heavy (non-hydrogen) atoms. The van der Waals surface area contributed by atoms with E-state index in [1.54, 1.807) is 19.1 Å². The van der Waals surface area contributed by atoms with Crippen LogP contribution in [0, 0.1) is 6.92 Å². The number of aryl methyl sites for hydroxylation is 1. The Labute approximate surface area is 126 Å². The van der Waals surface area contributed by atoms with Crippen molar-refractivity contribution in [2.45, 2.75) is 25.2 Å². The number of hydrogen-bond donors (Lipinski definition) is 4. The van der Waals surface area contributed by atoms with Crippen LogP contribution in [0.25, 0.3) is 0 Å². The Kier molecular flexibility index (Phi) is 4.60. The van der Waals surface area contributed by atoms with Crippen LogP contribution in [0.5, 0.6) is 5.75 Å². The van der Waals surface area contributed by atoms with E-state index in [4.69, 9.17) is 9.84 Å². The summed E-state index contributed by atoms with van der Waals surface area (Å²) < 4.78 is 4.96. The van der Waals surface area contributed by atoms with Gasteiger partial charge in [0.25, 0.3) is 0 Å². The Bertz CT molecular complexity index is 615. The fourth-order valence-corrected chi connectivity index (χ4v) is 2.25. The molecule has 118 valence electrons. The second-order valence-electron chi connectivity index (χ2n) is 4.99. The van der Waals surface area contributed by atoms with Crippen LogP contribution >= 0.6 is 0 Å². The minimum atomic E-state index is -1.64. The van der Waals surface area contributed by atoms with Crippen LogP contribution in [0.4, 0.5) is 0 Å². The predicted molar refractivity (Wildman–Crippen MR) is 74.2 cm³/mol. The molecule has 0 amide bonds. The van der Waals surface area contributed by atoms with Crippen LogP contribution < -0.4 is 0 Å². The molecule has 0 unspecified atom stereocenters. The molecule has 7 nitrogen and oxygen atoms in total. The van der Waals surface area contributed by atoms with E-state index in [1.165, 1.54) is 6.07 Å². The minimum absolute atomic E-state index is 0.128. The molecule has 1 aromatic carbocycles. The predicted octanol–water partition coefficient (Wildman–Crippen LogP) is -0.551.